The lowest BCUT2D eigenvalue weighted by atomic mass is 10.3. The summed E-state index contributed by atoms with van der Waals surface area (Å²) in [6.45, 7) is 5.18. The van der Waals surface area contributed by atoms with Crippen LogP contribution in [0.25, 0.3) is 0 Å². The van der Waals surface area contributed by atoms with Gasteiger partial charge in [-0.25, -0.2) is 0 Å². The highest BCUT2D eigenvalue weighted by atomic mass is 16.1. The van der Waals surface area contributed by atoms with Gasteiger partial charge < -0.3 is 10.6 Å². The fourth-order valence-corrected chi connectivity index (χ4v) is 0.828. The van der Waals surface area contributed by atoms with Gasteiger partial charge in [0.2, 0.25) is 5.91 Å². The van der Waals surface area contributed by atoms with Crippen LogP contribution in [-0.4, -0.2) is 26.0 Å². The van der Waals surface area contributed by atoms with Crippen LogP contribution < -0.4 is 10.6 Å². The van der Waals surface area contributed by atoms with Gasteiger partial charge in [0.1, 0.15) is 0 Å². The molecule has 0 atom stereocenters. The van der Waals surface area contributed by atoms with E-state index < -0.39 is 0 Å². The lowest BCUT2D eigenvalue weighted by molar-refractivity contribution is -0.121. The maximum absolute atomic E-state index is 11.0. The molecule has 12 heavy (non-hydrogen) atoms. The van der Waals surface area contributed by atoms with E-state index in [2.05, 4.69) is 17.2 Å². The first-order chi connectivity index (χ1) is 5.81. The van der Waals surface area contributed by atoms with Crippen LogP contribution in [-0.2, 0) is 4.79 Å². The summed E-state index contributed by atoms with van der Waals surface area (Å²) in [6.07, 6.45) is 4.15. The predicted octanol–water partition coefficient (Wildman–Crippen LogP) is 0.678. The van der Waals surface area contributed by atoms with Crippen molar-refractivity contribution in [1.82, 2.24) is 10.6 Å². The Morgan fingerprint density at radius 3 is 2.83 bits per heavy atom. The van der Waals surface area contributed by atoms with Crippen molar-refractivity contribution in [2.45, 2.75) is 19.3 Å². The van der Waals surface area contributed by atoms with Crippen LogP contribution in [0.2, 0.25) is 0 Å². The van der Waals surface area contributed by atoms with Gasteiger partial charge in [0.25, 0.3) is 0 Å². The molecule has 0 saturated heterocycles. The molecule has 0 aliphatic rings. The average molecular weight is 170 g/mol. The average Bonchev–Trinajstić information content (AvgIpc) is 2.06. The van der Waals surface area contributed by atoms with E-state index in [9.17, 15) is 4.79 Å². The van der Waals surface area contributed by atoms with E-state index in [0.29, 0.717) is 13.0 Å². The predicted molar refractivity (Wildman–Crippen MR) is 51.0 cm³/mol. The Balaban J connectivity index is 3.15. The molecule has 70 valence electrons. The number of nitrogens with one attached hydrogen (secondary N) is 2. The molecule has 0 aromatic carbocycles. The fourth-order valence-electron chi connectivity index (χ4n) is 0.828. The number of amides is 1. The molecule has 0 rings (SSSR count). The maximum atomic E-state index is 11.0. The molecule has 0 aliphatic carbocycles. The highest BCUT2D eigenvalue weighted by Gasteiger charge is 1.97. The van der Waals surface area contributed by atoms with E-state index in [-0.39, 0.29) is 5.91 Å². The Bertz CT molecular complexity index is 134. The van der Waals surface area contributed by atoms with Crippen molar-refractivity contribution in [3.05, 3.63) is 12.7 Å². The Morgan fingerprint density at radius 2 is 2.25 bits per heavy atom. The first kappa shape index (κ1) is 11.2. The number of carbonyl (C=O) groups is 1. The summed E-state index contributed by atoms with van der Waals surface area (Å²) in [6, 6.07) is 0. The zero-order valence-corrected chi connectivity index (χ0v) is 7.73. The minimum atomic E-state index is 0.132. The summed E-state index contributed by atoms with van der Waals surface area (Å²) in [5.74, 6) is 0.132. The van der Waals surface area contributed by atoms with Gasteiger partial charge >= 0.3 is 0 Å². The second-order valence-electron chi connectivity index (χ2n) is 2.63. The molecule has 0 bridgehead atoms. The normalized spacial score (nSPS) is 9.42. The molecule has 0 aliphatic heterocycles. The Hall–Kier alpha value is -0.830. The third-order valence-electron chi connectivity index (χ3n) is 1.50. The summed E-state index contributed by atoms with van der Waals surface area (Å²) in [4.78, 5) is 11.0. The maximum Gasteiger partial charge on any atom is 0.220 e. The van der Waals surface area contributed by atoms with Crippen LogP contribution in [0, 0.1) is 0 Å². The van der Waals surface area contributed by atoms with Crippen molar-refractivity contribution >= 4 is 5.91 Å². The van der Waals surface area contributed by atoms with Gasteiger partial charge in [-0.1, -0.05) is 6.08 Å². The summed E-state index contributed by atoms with van der Waals surface area (Å²) >= 11 is 0. The molecule has 1 amide bonds. The first-order valence-corrected chi connectivity index (χ1v) is 4.33. The largest absolute Gasteiger partial charge is 0.356 e. The lowest BCUT2D eigenvalue weighted by Crippen LogP contribution is -2.24. The Morgan fingerprint density at radius 1 is 1.50 bits per heavy atom. The van der Waals surface area contributed by atoms with E-state index >= 15 is 0 Å². The molecule has 0 saturated carbocycles. The van der Waals surface area contributed by atoms with E-state index in [1.807, 2.05) is 7.05 Å². The molecule has 0 heterocycles. The Kier molecular flexibility index (Phi) is 7.70. The summed E-state index contributed by atoms with van der Waals surface area (Å²) < 4.78 is 0. The highest BCUT2D eigenvalue weighted by molar-refractivity contribution is 5.75. The molecule has 0 radical (unpaired) electrons. The van der Waals surface area contributed by atoms with Gasteiger partial charge in [-0.2, -0.15) is 0 Å². The van der Waals surface area contributed by atoms with E-state index in [1.54, 1.807) is 6.08 Å². The zero-order valence-electron chi connectivity index (χ0n) is 7.73. The molecule has 2 N–H and O–H groups in total. The number of hydrogen-bond acceptors (Lipinski definition) is 2. The minimum Gasteiger partial charge on any atom is -0.356 e. The SMILES string of the molecule is C=CCCNC(=O)CCCNC. The second-order valence-corrected chi connectivity index (χ2v) is 2.63. The smallest absolute Gasteiger partial charge is 0.220 e. The first-order valence-electron chi connectivity index (χ1n) is 4.33. The van der Waals surface area contributed by atoms with Crippen molar-refractivity contribution in [2.75, 3.05) is 20.1 Å². The van der Waals surface area contributed by atoms with Crippen LogP contribution in [0.5, 0.6) is 0 Å². The fraction of sp³-hybridized carbons (Fsp3) is 0.667. The molecule has 0 fully saturated rings. The standard InChI is InChI=1S/C9H18N2O/c1-3-4-8-11-9(12)6-5-7-10-2/h3,10H,1,4-8H2,2H3,(H,11,12). The summed E-state index contributed by atoms with van der Waals surface area (Å²) in [5, 5.41) is 5.80. The number of hydrogen-bond donors (Lipinski definition) is 2. The third kappa shape index (κ3) is 7.28. The van der Waals surface area contributed by atoms with Crippen LogP contribution >= 0.6 is 0 Å². The van der Waals surface area contributed by atoms with Crippen LogP contribution in [0.3, 0.4) is 0 Å². The number of rotatable bonds is 7. The topological polar surface area (TPSA) is 41.1 Å². The van der Waals surface area contributed by atoms with Crippen molar-refractivity contribution in [1.29, 1.82) is 0 Å². The Labute approximate surface area is 74.2 Å². The van der Waals surface area contributed by atoms with E-state index in [1.165, 1.54) is 0 Å². The molecule has 3 heteroatoms. The minimum absolute atomic E-state index is 0.132. The molecular formula is C9H18N2O. The summed E-state index contributed by atoms with van der Waals surface area (Å²) in [7, 11) is 1.88. The molecule has 0 spiro atoms. The quantitative estimate of drug-likeness (QED) is 0.436. The van der Waals surface area contributed by atoms with Gasteiger partial charge in [0.05, 0.1) is 0 Å². The molecule has 0 unspecified atom stereocenters. The van der Waals surface area contributed by atoms with Gasteiger partial charge in [0.15, 0.2) is 0 Å². The monoisotopic (exact) mass is 170 g/mol. The zero-order chi connectivity index (χ0) is 9.23. The van der Waals surface area contributed by atoms with Gasteiger partial charge in [-0.15, -0.1) is 6.58 Å². The third-order valence-corrected chi connectivity index (χ3v) is 1.50. The lowest BCUT2D eigenvalue weighted by Gasteiger charge is -2.02. The van der Waals surface area contributed by atoms with Crippen molar-refractivity contribution < 1.29 is 4.79 Å². The van der Waals surface area contributed by atoms with E-state index in [4.69, 9.17) is 0 Å². The van der Waals surface area contributed by atoms with Crippen molar-refractivity contribution in [3.63, 3.8) is 0 Å². The second kappa shape index (κ2) is 8.27. The van der Waals surface area contributed by atoms with Gasteiger partial charge in [-0.05, 0) is 26.4 Å². The molecule has 0 aromatic heterocycles. The molecular weight excluding hydrogens is 152 g/mol. The van der Waals surface area contributed by atoms with Crippen LogP contribution in [0.4, 0.5) is 0 Å². The molecule has 3 nitrogen and oxygen atoms in total. The van der Waals surface area contributed by atoms with Crippen molar-refractivity contribution in [2.24, 2.45) is 0 Å². The van der Waals surface area contributed by atoms with Crippen molar-refractivity contribution in [3.8, 4) is 0 Å². The highest BCUT2D eigenvalue weighted by Crippen LogP contribution is 1.86. The number of carbonyl (C=O) groups excluding carboxylic acids is 1. The van der Waals surface area contributed by atoms with Gasteiger partial charge in [-0.3, -0.25) is 4.79 Å². The van der Waals surface area contributed by atoms with E-state index in [0.717, 1.165) is 19.4 Å². The van der Waals surface area contributed by atoms with Crippen LogP contribution in [0.1, 0.15) is 19.3 Å². The molecule has 0 aromatic rings. The summed E-state index contributed by atoms with van der Waals surface area (Å²) in [5.41, 5.74) is 0. The van der Waals surface area contributed by atoms with Gasteiger partial charge in [0, 0.05) is 13.0 Å². The van der Waals surface area contributed by atoms with Crippen LogP contribution in [0.15, 0.2) is 12.7 Å².